The molecule has 0 aromatic carbocycles. The fraction of sp³-hybridized carbons (Fsp3) is 0.926. The second-order valence-electron chi connectivity index (χ2n) is 13.1. The molecule has 4 unspecified atom stereocenters. The highest BCUT2D eigenvalue weighted by molar-refractivity contribution is 7.88. The summed E-state index contributed by atoms with van der Waals surface area (Å²) in [6.45, 7) is 8.46. The van der Waals surface area contributed by atoms with Crippen molar-refractivity contribution in [3.8, 4) is 0 Å². The van der Waals surface area contributed by atoms with E-state index in [2.05, 4.69) is 30.8 Å². The van der Waals surface area contributed by atoms with Crippen molar-refractivity contribution in [1.29, 1.82) is 0 Å². The number of fused-ring (bicyclic) bond motifs is 6. The topological polar surface area (TPSA) is 67.4 Å². The summed E-state index contributed by atoms with van der Waals surface area (Å²) in [5, 5.41) is 3.80. The average Bonchev–Trinajstić information content (AvgIpc) is 3.30. The Balaban J connectivity index is 1.24. The van der Waals surface area contributed by atoms with Gasteiger partial charge in [0.05, 0.1) is 18.0 Å². The van der Waals surface area contributed by atoms with Crippen LogP contribution in [0.4, 0.5) is 0 Å². The van der Waals surface area contributed by atoms with Gasteiger partial charge in [0.1, 0.15) is 0 Å². The first-order chi connectivity index (χ1) is 15.6. The van der Waals surface area contributed by atoms with E-state index in [0.29, 0.717) is 29.4 Å². The molecular weight excluding hydrogens is 432 g/mol. The summed E-state index contributed by atoms with van der Waals surface area (Å²) >= 11 is 0. The second kappa shape index (κ2) is 7.78. The highest BCUT2D eigenvalue weighted by Gasteiger charge is 2.59. The molecule has 6 heteroatoms. The summed E-state index contributed by atoms with van der Waals surface area (Å²) in [7, 11) is -3.13. The molecule has 5 nitrogen and oxygen atoms in total. The number of sulfonamides is 1. The van der Waals surface area contributed by atoms with Crippen molar-refractivity contribution in [1.82, 2.24) is 10.0 Å². The van der Waals surface area contributed by atoms with Crippen LogP contribution in [-0.4, -0.2) is 45.0 Å². The van der Waals surface area contributed by atoms with E-state index in [4.69, 9.17) is 4.74 Å². The third-order valence-electron chi connectivity index (χ3n) is 11.3. The number of nitrogens with one attached hydrogen (secondary N) is 2. The van der Waals surface area contributed by atoms with Crippen molar-refractivity contribution < 1.29 is 13.2 Å². The quantitative estimate of drug-likeness (QED) is 0.580. The van der Waals surface area contributed by atoms with E-state index in [0.717, 1.165) is 37.1 Å². The van der Waals surface area contributed by atoms with Gasteiger partial charge in [0.15, 0.2) is 0 Å². The van der Waals surface area contributed by atoms with Crippen LogP contribution in [0.2, 0.25) is 0 Å². The van der Waals surface area contributed by atoms with Crippen LogP contribution in [-0.2, 0) is 14.8 Å². The first-order valence-corrected chi connectivity index (χ1v) is 15.6. The zero-order valence-corrected chi connectivity index (χ0v) is 21.8. The highest BCUT2D eigenvalue weighted by Crippen LogP contribution is 2.66. The summed E-state index contributed by atoms with van der Waals surface area (Å²) in [4.78, 5) is 0. The Labute approximate surface area is 200 Å². The molecule has 2 saturated heterocycles. The van der Waals surface area contributed by atoms with Crippen molar-refractivity contribution in [2.75, 3.05) is 12.8 Å². The molecule has 0 bridgehead atoms. The molecule has 0 amide bonds. The molecule has 0 aromatic rings. The first kappa shape index (κ1) is 23.0. The van der Waals surface area contributed by atoms with Crippen LogP contribution in [0.5, 0.6) is 0 Å². The third kappa shape index (κ3) is 3.68. The van der Waals surface area contributed by atoms with E-state index in [9.17, 15) is 8.42 Å². The van der Waals surface area contributed by atoms with E-state index in [1.54, 1.807) is 11.1 Å². The van der Waals surface area contributed by atoms with Gasteiger partial charge < -0.3 is 10.1 Å². The van der Waals surface area contributed by atoms with Crippen molar-refractivity contribution in [3.05, 3.63) is 11.1 Å². The second-order valence-corrected chi connectivity index (χ2v) is 14.9. The Bertz CT molecular complexity index is 947. The lowest BCUT2D eigenvalue weighted by atomic mass is 9.52. The fourth-order valence-electron chi connectivity index (χ4n) is 9.61. The predicted molar refractivity (Wildman–Crippen MR) is 131 cm³/mol. The first-order valence-electron chi connectivity index (χ1n) is 13.7. The number of hydrogen-bond donors (Lipinski definition) is 2. The third-order valence-corrected chi connectivity index (χ3v) is 12.1. The molecule has 4 aliphatic carbocycles. The van der Waals surface area contributed by atoms with Gasteiger partial charge in [-0.3, -0.25) is 0 Å². The van der Waals surface area contributed by atoms with Gasteiger partial charge >= 0.3 is 0 Å². The predicted octanol–water partition coefficient (Wildman–Crippen LogP) is 4.39. The Hall–Kier alpha value is -0.430. The van der Waals surface area contributed by atoms with Crippen molar-refractivity contribution in [3.63, 3.8) is 0 Å². The van der Waals surface area contributed by atoms with E-state index >= 15 is 0 Å². The lowest BCUT2D eigenvalue weighted by Crippen LogP contribution is -2.50. The maximum Gasteiger partial charge on any atom is 0.208 e. The molecule has 1 spiro atoms. The van der Waals surface area contributed by atoms with Gasteiger partial charge in [-0.1, -0.05) is 19.4 Å². The van der Waals surface area contributed by atoms with Crippen molar-refractivity contribution in [2.45, 2.75) is 109 Å². The van der Waals surface area contributed by atoms with E-state index in [1.807, 2.05) is 0 Å². The molecule has 10 atom stereocenters. The van der Waals surface area contributed by atoms with Crippen LogP contribution < -0.4 is 10.0 Å². The monoisotopic (exact) mass is 476 g/mol. The Kier molecular flexibility index (Phi) is 5.42. The summed E-state index contributed by atoms with van der Waals surface area (Å²) < 4.78 is 33.5. The molecule has 2 aliphatic heterocycles. The van der Waals surface area contributed by atoms with Gasteiger partial charge in [0, 0.05) is 12.1 Å². The number of ether oxygens (including phenoxy) is 1. The van der Waals surface area contributed by atoms with Gasteiger partial charge in [0.2, 0.25) is 10.0 Å². The van der Waals surface area contributed by atoms with Gasteiger partial charge in [-0.05, 0) is 118 Å². The smallest absolute Gasteiger partial charge is 0.208 e. The van der Waals surface area contributed by atoms with Crippen LogP contribution >= 0.6 is 0 Å². The molecule has 0 radical (unpaired) electrons. The van der Waals surface area contributed by atoms with E-state index < -0.39 is 10.0 Å². The largest absolute Gasteiger partial charge is 0.366 e. The van der Waals surface area contributed by atoms with Crippen LogP contribution in [0.25, 0.3) is 0 Å². The molecule has 33 heavy (non-hydrogen) atoms. The van der Waals surface area contributed by atoms with Crippen LogP contribution in [0.3, 0.4) is 0 Å². The summed E-state index contributed by atoms with van der Waals surface area (Å²) in [6, 6.07) is 0.671. The number of allylic oxidation sites excluding steroid dienone is 1. The molecule has 6 aliphatic rings. The van der Waals surface area contributed by atoms with Crippen LogP contribution in [0, 0.1) is 35.0 Å². The molecule has 186 valence electrons. The zero-order chi connectivity index (χ0) is 23.2. The summed E-state index contributed by atoms with van der Waals surface area (Å²) in [6.07, 6.45) is 13.6. The minimum atomic E-state index is -3.13. The Morgan fingerprint density at radius 2 is 1.94 bits per heavy atom. The minimum absolute atomic E-state index is 0.0108. The Morgan fingerprint density at radius 1 is 1.12 bits per heavy atom. The Morgan fingerprint density at radius 3 is 2.73 bits per heavy atom. The zero-order valence-electron chi connectivity index (χ0n) is 21.0. The number of piperidine rings is 1. The van der Waals surface area contributed by atoms with Crippen molar-refractivity contribution in [2.24, 2.45) is 35.0 Å². The summed E-state index contributed by atoms with van der Waals surface area (Å²) in [5.74, 6) is 3.72. The average molecular weight is 477 g/mol. The van der Waals surface area contributed by atoms with Gasteiger partial charge in [-0.15, -0.1) is 0 Å². The van der Waals surface area contributed by atoms with Gasteiger partial charge in [-0.25, -0.2) is 13.1 Å². The molecule has 2 heterocycles. The van der Waals surface area contributed by atoms with E-state index in [-0.39, 0.29) is 11.6 Å². The highest BCUT2D eigenvalue weighted by atomic mass is 32.2. The number of rotatable bonds is 2. The lowest BCUT2D eigenvalue weighted by Gasteiger charge is -2.54. The maximum absolute atomic E-state index is 11.8. The molecule has 5 fully saturated rings. The normalized spacial score (nSPS) is 51.8. The molecular formula is C27H44N2O3S. The van der Waals surface area contributed by atoms with E-state index in [1.165, 1.54) is 57.6 Å². The van der Waals surface area contributed by atoms with Crippen molar-refractivity contribution >= 4 is 10.0 Å². The SMILES string of the molecule is CC1=C2C[C@H]3C(CC[C@@H]4C[C@H](NS(C)(=O)=O)CCC43C)C2CCC12C[C@@H]1NC[C@@H](C)C[C@H]1O2. The standard InChI is InChI=1S/C27H44N2O3S/c1-16-11-25-24(28-15-16)14-27(32-25)10-8-20-21-6-5-18-12-19(29-33(4,30)31)7-9-26(18,3)23(21)13-22(20)17(27)2/h16,18-21,23-25,28-29H,5-15H2,1-4H3/t16-,18+,19+,20?,21?,23-,24-,25+,26?,27?/m0/s1. The van der Waals surface area contributed by atoms with Gasteiger partial charge in [0.25, 0.3) is 0 Å². The van der Waals surface area contributed by atoms with Crippen LogP contribution in [0.1, 0.15) is 85.0 Å². The molecule has 2 N–H and O–H groups in total. The maximum atomic E-state index is 11.8. The van der Waals surface area contributed by atoms with Gasteiger partial charge in [-0.2, -0.15) is 0 Å². The van der Waals surface area contributed by atoms with Crippen LogP contribution in [0.15, 0.2) is 11.1 Å². The molecule has 3 saturated carbocycles. The molecule has 0 aromatic heterocycles. The molecule has 6 rings (SSSR count). The lowest BCUT2D eigenvalue weighted by molar-refractivity contribution is -0.0524. The fourth-order valence-corrected chi connectivity index (χ4v) is 10.4. The minimum Gasteiger partial charge on any atom is -0.366 e. The summed E-state index contributed by atoms with van der Waals surface area (Å²) in [5.41, 5.74) is 3.71. The number of hydrogen-bond acceptors (Lipinski definition) is 4.